The Morgan fingerprint density at radius 1 is 1.07 bits per heavy atom. The van der Waals surface area contributed by atoms with Gasteiger partial charge in [-0.1, -0.05) is 54.4 Å². The average molecular weight is 406 g/mol. The summed E-state index contributed by atoms with van der Waals surface area (Å²) in [6, 6.07) is 14.8. The van der Waals surface area contributed by atoms with Crippen molar-refractivity contribution < 1.29 is 4.79 Å². The quantitative estimate of drug-likeness (QED) is 0.657. The predicted octanol–water partition coefficient (Wildman–Crippen LogP) is 2.84. The summed E-state index contributed by atoms with van der Waals surface area (Å²) in [4.78, 5) is 42.2. The van der Waals surface area contributed by atoms with Gasteiger partial charge in [-0.05, 0) is 38.0 Å². The molecule has 0 saturated carbocycles. The Labute approximate surface area is 174 Å². The van der Waals surface area contributed by atoms with Gasteiger partial charge in [0.15, 0.2) is 5.69 Å². The largest absolute Gasteiger partial charge is 0.383 e. The van der Waals surface area contributed by atoms with Crippen molar-refractivity contribution >= 4 is 17.4 Å². The number of anilines is 2. The third-order valence-electron chi connectivity index (χ3n) is 4.83. The molecule has 7 heteroatoms. The third kappa shape index (κ3) is 4.35. The number of H-pyrrole nitrogens is 1. The van der Waals surface area contributed by atoms with E-state index in [0.29, 0.717) is 18.5 Å². The zero-order chi connectivity index (χ0) is 21.8. The Morgan fingerprint density at radius 2 is 1.70 bits per heavy atom. The van der Waals surface area contributed by atoms with E-state index in [1.807, 2.05) is 57.2 Å². The summed E-state index contributed by atoms with van der Waals surface area (Å²) in [6.07, 6.45) is 0.618. The van der Waals surface area contributed by atoms with Crippen molar-refractivity contribution in [1.82, 2.24) is 9.55 Å². The van der Waals surface area contributed by atoms with Crippen molar-refractivity contribution in [3.8, 4) is 0 Å². The van der Waals surface area contributed by atoms with Crippen molar-refractivity contribution in [1.29, 1.82) is 0 Å². The minimum Gasteiger partial charge on any atom is -0.383 e. The summed E-state index contributed by atoms with van der Waals surface area (Å²) in [5.74, 6) is -0.357. The second kappa shape index (κ2) is 8.82. The van der Waals surface area contributed by atoms with Crippen LogP contribution in [0.5, 0.6) is 0 Å². The number of aromatic nitrogens is 2. The number of aryl methyl sites for hydroxylation is 2. The maximum absolute atomic E-state index is 13.3. The van der Waals surface area contributed by atoms with Crippen molar-refractivity contribution in [2.75, 3.05) is 17.2 Å². The summed E-state index contributed by atoms with van der Waals surface area (Å²) in [5, 5.41) is 0. The molecule has 0 spiro atoms. The molecule has 0 radical (unpaired) electrons. The molecule has 0 aliphatic heterocycles. The van der Waals surface area contributed by atoms with Gasteiger partial charge in [-0.2, -0.15) is 0 Å². The van der Waals surface area contributed by atoms with Gasteiger partial charge in [0.25, 0.3) is 11.5 Å². The fraction of sp³-hybridized carbons (Fsp3) is 0.261. The lowest BCUT2D eigenvalue weighted by Crippen LogP contribution is -2.41. The number of nitrogens with one attached hydrogen (secondary N) is 1. The van der Waals surface area contributed by atoms with Crippen LogP contribution in [0.25, 0.3) is 0 Å². The molecule has 3 rings (SSSR count). The lowest BCUT2D eigenvalue weighted by molar-refractivity contribution is 0.0986. The molecular weight excluding hydrogens is 380 g/mol. The molecule has 0 bridgehead atoms. The molecule has 1 heterocycles. The number of rotatable bonds is 6. The predicted molar refractivity (Wildman–Crippen MR) is 119 cm³/mol. The molecule has 30 heavy (non-hydrogen) atoms. The number of nitrogen functional groups attached to an aromatic ring is 1. The summed E-state index contributed by atoms with van der Waals surface area (Å²) < 4.78 is 1.28. The number of hydrogen-bond acceptors (Lipinski definition) is 4. The van der Waals surface area contributed by atoms with Gasteiger partial charge >= 0.3 is 5.69 Å². The second-order valence-electron chi connectivity index (χ2n) is 7.40. The van der Waals surface area contributed by atoms with Crippen LogP contribution in [-0.4, -0.2) is 22.0 Å². The van der Waals surface area contributed by atoms with Gasteiger partial charge < -0.3 is 10.6 Å². The van der Waals surface area contributed by atoms with Crippen molar-refractivity contribution in [3.05, 3.63) is 91.6 Å². The van der Waals surface area contributed by atoms with Gasteiger partial charge in [0.2, 0.25) is 0 Å². The lowest BCUT2D eigenvalue weighted by atomic mass is 10.1. The smallest absolute Gasteiger partial charge is 0.330 e. The summed E-state index contributed by atoms with van der Waals surface area (Å²) >= 11 is 0. The first-order valence-corrected chi connectivity index (χ1v) is 9.88. The zero-order valence-corrected chi connectivity index (χ0v) is 17.4. The van der Waals surface area contributed by atoms with Gasteiger partial charge in [0, 0.05) is 12.1 Å². The van der Waals surface area contributed by atoms with E-state index in [9.17, 15) is 14.4 Å². The van der Waals surface area contributed by atoms with E-state index < -0.39 is 11.2 Å². The van der Waals surface area contributed by atoms with E-state index in [2.05, 4.69) is 4.98 Å². The fourth-order valence-electron chi connectivity index (χ4n) is 3.55. The maximum Gasteiger partial charge on any atom is 0.330 e. The standard InChI is InChI=1S/C23H26N4O3/c1-4-10-26(22(29)18-12-15(2)11-16(3)13-18)19-20(24)27(23(30)25-21(19)28)14-17-8-6-5-7-9-17/h5-9,11-13H,4,10,14,24H2,1-3H3,(H,25,28,30). The molecule has 156 valence electrons. The van der Waals surface area contributed by atoms with Crippen LogP contribution in [-0.2, 0) is 6.54 Å². The number of aromatic amines is 1. The third-order valence-corrected chi connectivity index (χ3v) is 4.83. The second-order valence-corrected chi connectivity index (χ2v) is 7.40. The highest BCUT2D eigenvalue weighted by Gasteiger charge is 2.25. The van der Waals surface area contributed by atoms with Crippen molar-refractivity contribution in [3.63, 3.8) is 0 Å². The molecule has 3 aromatic rings. The number of nitrogens with zero attached hydrogens (tertiary/aromatic N) is 2. The lowest BCUT2D eigenvalue weighted by Gasteiger charge is -2.24. The minimum absolute atomic E-state index is 0.00320. The highest BCUT2D eigenvalue weighted by atomic mass is 16.2. The van der Waals surface area contributed by atoms with Gasteiger partial charge in [-0.25, -0.2) is 4.79 Å². The van der Waals surface area contributed by atoms with Crippen molar-refractivity contribution in [2.45, 2.75) is 33.7 Å². The van der Waals surface area contributed by atoms with E-state index in [1.54, 1.807) is 12.1 Å². The number of hydrogen-bond donors (Lipinski definition) is 2. The first kappa shape index (κ1) is 21.1. The van der Waals surface area contributed by atoms with E-state index in [0.717, 1.165) is 16.7 Å². The normalized spacial score (nSPS) is 10.8. The molecule has 0 fully saturated rings. The Hall–Kier alpha value is -3.61. The minimum atomic E-state index is -0.673. The van der Waals surface area contributed by atoms with Gasteiger partial charge in [0.05, 0.1) is 6.54 Å². The topological polar surface area (TPSA) is 101 Å². The van der Waals surface area contributed by atoms with Crippen LogP contribution < -0.4 is 21.9 Å². The molecule has 0 aliphatic rings. The summed E-state index contributed by atoms with van der Waals surface area (Å²) in [5.41, 5.74) is 8.23. The first-order chi connectivity index (χ1) is 14.3. The number of carbonyl (C=O) groups excluding carboxylic acids is 1. The Morgan fingerprint density at radius 3 is 2.30 bits per heavy atom. The van der Waals surface area contributed by atoms with E-state index >= 15 is 0 Å². The monoisotopic (exact) mass is 406 g/mol. The molecular formula is C23H26N4O3. The van der Waals surface area contributed by atoms with Crippen molar-refractivity contribution in [2.24, 2.45) is 0 Å². The van der Waals surface area contributed by atoms with Gasteiger partial charge in [-0.3, -0.25) is 19.1 Å². The molecule has 0 unspecified atom stereocenters. The highest BCUT2D eigenvalue weighted by molar-refractivity contribution is 6.07. The van der Waals surface area contributed by atoms with E-state index in [-0.39, 0.29) is 24.0 Å². The van der Waals surface area contributed by atoms with Crippen LogP contribution in [0.2, 0.25) is 0 Å². The maximum atomic E-state index is 13.3. The highest BCUT2D eigenvalue weighted by Crippen LogP contribution is 2.21. The fourth-order valence-corrected chi connectivity index (χ4v) is 3.55. The number of nitrogens with two attached hydrogens (primary N) is 1. The summed E-state index contributed by atoms with van der Waals surface area (Å²) in [6.45, 7) is 6.21. The van der Waals surface area contributed by atoms with Crippen LogP contribution in [0.1, 0.15) is 40.4 Å². The van der Waals surface area contributed by atoms with E-state index in [4.69, 9.17) is 5.73 Å². The van der Waals surface area contributed by atoms with Gasteiger partial charge in [0.1, 0.15) is 5.82 Å². The number of benzene rings is 2. The molecule has 0 atom stereocenters. The molecule has 3 N–H and O–H groups in total. The Kier molecular flexibility index (Phi) is 6.20. The number of carbonyl (C=O) groups is 1. The van der Waals surface area contributed by atoms with Crippen LogP contribution >= 0.6 is 0 Å². The Bertz CT molecular complexity index is 1160. The van der Waals surface area contributed by atoms with Crippen LogP contribution in [0.3, 0.4) is 0 Å². The molecule has 0 aliphatic carbocycles. The zero-order valence-electron chi connectivity index (χ0n) is 17.4. The Balaban J connectivity index is 2.12. The first-order valence-electron chi connectivity index (χ1n) is 9.88. The molecule has 1 aromatic heterocycles. The van der Waals surface area contributed by atoms with Crippen LogP contribution in [0.15, 0.2) is 58.1 Å². The SMILES string of the molecule is CCCN(C(=O)c1cc(C)cc(C)c1)c1c(N)n(Cc2ccccc2)c(=O)[nH]c1=O. The summed E-state index contributed by atoms with van der Waals surface area (Å²) in [7, 11) is 0. The molecule has 0 saturated heterocycles. The number of amides is 1. The molecule has 7 nitrogen and oxygen atoms in total. The van der Waals surface area contributed by atoms with E-state index in [1.165, 1.54) is 9.47 Å². The molecule has 2 aromatic carbocycles. The van der Waals surface area contributed by atoms with Gasteiger partial charge in [-0.15, -0.1) is 0 Å². The van der Waals surface area contributed by atoms with Crippen LogP contribution in [0, 0.1) is 13.8 Å². The van der Waals surface area contributed by atoms with Crippen LogP contribution in [0.4, 0.5) is 11.5 Å². The molecule has 1 amide bonds. The average Bonchev–Trinajstić information content (AvgIpc) is 2.70.